The fourth-order valence-electron chi connectivity index (χ4n) is 4.84. The van der Waals surface area contributed by atoms with Gasteiger partial charge in [0.2, 0.25) is 5.91 Å². The average molecular weight is 660 g/mol. The topological polar surface area (TPSA) is 231 Å². The number of esters is 1. The van der Waals surface area contributed by atoms with Crippen molar-refractivity contribution in [1.29, 1.82) is 0 Å². The van der Waals surface area contributed by atoms with Crippen LogP contribution in [0.15, 0.2) is 29.3 Å². The summed E-state index contributed by atoms with van der Waals surface area (Å²) in [5, 5.41) is 2.29. The van der Waals surface area contributed by atoms with E-state index in [0.29, 0.717) is 70.8 Å². The maximum absolute atomic E-state index is 12.9. The Morgan fingerprint density at radius 1 is 0.978 bits per heavy atom. The Labute approximate surface area is 270 Å². The van der Waals surface area contributed by atoms with Crippen LogP contribution < -0.4 is 27.3 Å². The molecule has 2 fully saturated rings. The Balaban J connectivity index is 1.16. The van der Waals surface area contributed by atoms with Crippen LogP contribution in [0.5, 0.6) is 5.75 Å². The van der Waals surface area contributed by atoms with Crippen LogP contribution in [0.1, 0.15) is 42.2 Å². The summed E-state index contributed by atoms with van der Waals surface area (Å²) < 4.78 is 15.7. The molecule has 2 aliphatic rings. The molecule has 248 valence electrons. The van der Waals surface area contributed by atoms with Gasteiger partial charge in [-0.05, 0) is 43.9 Å². The number of piperidine rings is 1. The summed E-state index contributed by atoms with van der Waals surface area (Å²) >= 11 is 5.84. The quantitative estimate of drug-likeness (QED) is 0.151. The number of ether oxygens (including phenoxy) is 3. The van der Waals surface area contributed by atoms with Gasteiger partial charge in [0.25, 0.3) is 11.8 Å². The highest BCUT2D eigenvalue weighted by atomic mass is 35.5. The van der Waals surface area contributed by atoms with Gasteiger partial charge in [-0.15, -0.1) is 0 Å². The number of aryl methyl sites for hydroxylation is 1. The Kier molecular flexibility index (Phi) is 11.5. The Bertz CT molecular complexity index is 1460. The number of aliphatic imine (C=N–C) groups is 1. The maximum atomic E-state index is 12.9. The number of nitrogens with one attached hydrogen (secondary N) is 1. The maximum Gasteiger partial charge on any atom is 0.344 e. The van der Waals surface area contributed by atoms with E-state index >= 15 is 0 Å². The number of anilines is 2. The molecule has 2 saturated heterocycles. The molecule has 0 spiro atoms. The van der Waals surface area contributed by atoms with Crippen molar-refractivity contribution < 1.29 is 33.4 Å². The van der Waals surface area contributed by atoms with Crippen LogP contribution in [0.2, 0.25) is 5.15 Å². The number of carbonyl (C=O) groups is 4. The van der Waals surface area contributed by atoms with Crippen LogP contribution in [0.4, 0.5) is 11.6 Å². The number of hydrogen-bond acceptors (Lipinski definition) is 12. The molecule has 0 saturated carbocycles. The Morgan fingerprint density at radius 2 is 1.63 bits per heavy atom. The van der Waals surface area contributed by atoms with Gasteiger partial charge in [0.05, 0.1) is 18.8 Å². The van der Waals surface area contributed by atoms with Gasteiger partial charge in [0.1, 0.15) is 5.75 Å². The van der Waals surface area contributed by atoms with Crippen molar-refractivity contribution in [2.75, 3.05) is 64.1 Å². The zero-order valence-electron chi connectivity index (χ0n) is 25.5. The molecule has 2 aliphatic heterocycles. The van der Waals surface area contributed by atoms with E-state index in [1.54, 1.807) is 21.9 Å². The van der Waals surface area contributed by atoms with Gasteiger partial charge in [0.15, 0.2) is 41.7 Å². The number of guanidine groups is 1. The van der Waals surface area contributed by atoms with Gasteiger partial charge in [0, 0.05) is 32.6 Å². The fourth-order valence-corrected chi connectivity index (χ4v) is 4.97. The average Bonchev–Trinajstić information content (AvgIpc) is 3.04. The SMILES string of the molecule is CC1(N=C(N)NC(=O)c2nc(Cl)c(N)nc2N)CCN(C(=O)CCc2ccc(OCC(=O)OCC(=O)N3CCOCC3)cc2)CC1. The number of rotatable bonds is 10. The van der Waals surface area contributed by atoms with Crippen molar-refractivity contribution in [2.24, 2.45) is 10.7 Å². The molecule has 17 heteroatoms. The standard InChI is InChI=1S/C29H38ClN9O7/c1-29(37-28(33)36-27(43)23-25(31)35-26(32)24(30)34-23)8-10-38(11-9-29)20(40)7-4-18-2-5-19(6-3-18)45-17-22(42)46-16-21(41)39-12-14-44-15-13-39/h2-3,5-6H,4,7-17H2,1H3,(H4,31,32,35)(H3,33,36,37,43). The smallest absolute Gasteiger partial charge is 0.344 e. The van der Waals surface area contributed by atoms with Gasteiger partial charge in [-0.2, -0.15) is 0 Å². The van der Waals surface area contributed by atoms with E-state index in [1.165, 1.54) is 0 Å². The molecule has 0 aliphatic carbocycles. The molecule has 0 unspecified atom stereocenters. The van der Waals surface area contributed by atoms with E-state index < -0.39 is 17.4 Å². The number of nitrogens with zero attached hydrogens (tertiary/aromatic N) is 5. The molecule has 1 aromatic heterocycles. The van der Waals surface area contributed by atoms with Crippen LogP contribution in [-0.2, 0) is 30.3 Å². The Morgan fingerprint density at radius 3 is 2.30 bits per heavy atom. The van der Waals surface area contributed by atoms with Gasteiger partial charge < -0.3 is 41.2 Å². The zero-order chi connectivity index (χ0) is 33.3. The molecule has 0 bridgehead atoms. The van der Waals surface area contributed by atoms with Crippen LogP contribution in [0.25, 0.3) is 0 Å². The third kappa shape index (κ3) is 9.65. The largest absolute Gasteiger partial charge is 0.482 e. The summed E-state index contributed by atoms with van der Waals surface area (Å²) in [7, 11) is 0. The highest BCUT2D eigenvalue weighted by Gasteiger charge is 2.32. The number of aromatic nitrogens is 2. The lowest BCUT2D eigenvalue weighted by atomic mass is 9.90. The molecule has 0 radical (unpaired) electrons. The van der Waals surface area contributed by atoms with E-state index in [4.69, 9.17) is 43.0 Å². The first kappa shape index (κ1) is 34.2. The summed E-state index contributed by atoms with van der Waals surface area (Å²) in [6.07, 6.45) is 1.92. The first-order chi connectivity index (χ1) is 21.9. The molecule has 0 atom stereocenters. The lowest BCUT2D eigenvalue weighted by molar-refractivity contribution is -0.155. The van der Waals surface area contributed by atoms with E-state index in [1.807, 2.05) is 19.1 Å². The van der Waals surface area contributed by atoms with Crippen molar-refractivity contribution in [3.8, 4) is 5.75 Å². The molecule has 2 aromatic rings. The Hall–Kier alpha value is -4.70. The highest BCUT2D eigenvalue weighted by molar-refractivity contribution is 6.31. The molecule has 16 nitrogen and oxygen atoms in total. The molecule has 7 N–H and O–H groups in total. The number of nitrogen functional groups attached to an aromatic ring is 2. The van der Waals surface area contributed by atoms with E-state index in [0.717, 1.165) is 5.56 Å². The highest BCUT2D eigenvalue weighted by Crippen LogP contribution is 2.26. The molecule has 3 heterocycles. The first-order valence-electron chi connectivity index (χ1n) is 14.7. The number of likely N-dealkylation sites (tertiary alicyclic amines) is 1. The summed E-state index contributed by atoms with van der Waals surface area (Å²) in [5.74, 6) is -1.57. The molecule has 3 amide bonds. The minimum atomic E-state index is -0.723. The second kappa shape index (κ2) is 15.5. The number of morpholine rings is 1. The molecular weight excluding hydrogens is 622 g/mol. The van der Waals surface area contributed by atoms with E-state index in [2.05, 4.69) is 20.3 Å². The van der Waals surface area contributed by atoms with Gasteiger partial charge in [-0.1, -0.05) is 23.7 Å². The van der Waals surface area contributed by atoms with Crippen LogP contribution in [-0.4, -0.2) is 108 Å². The van der Waals surface area contributed by atoms with E-state index in [9.17, 15) is 19.2 Å². The number of benzene rings is 1. The van der Waals surface area contributed by atoms with Gasteiger partial charge >= 0.3 is 5.97 Å². The normalized spacial score (nSPS) is 16.4. The lowest BCUT2D eigenvalue weighted by Crippen LogP contribution is -2.47. The third-order valence-corrected chi connectivity index (χ3v) is 7.85. The summed E-state index contributed by atoms with van der Waals surface area (Å²) in [6, 6.07) is 7.07. The predicted octanol–water partition coefficient (Wildman–Crippen LogP) is 0.134. The molecule has 46 heavy (non-hydrogen) atoms. The number of amides is 3. The van der Waals surface area contributed by atoms with E-state index in [-0.39, 0.29) is 53.5 Å². The molecular formula is C29H38ClN9O7. The second-order valence-electron chi connectivity index (χ2n) is 11.0. The van der Waals surface area contributed by atoms with Crippen LogP contribution >= 0.6 is 11.6 Å². The van der Waals surface area contributed by atoms with Crippen molar-refractivity contribution in [1.82, 2.24) is 25.1 Å². The van der Waals surface area contributed by atoms with Crippen molar-refractivity contribution in [3.63, 3.8) is 0 Å². The minimum absolute atomic E-state index is 0.0104. The summed E-state index contributed by atoms with van der Waals surface area (Å²) in [5.41, 5.74) is 17.4. The van der Waals surface area contributed by atoms with Crippen molar-refractivity contribution in [3.05, 3.63) is 40.7 Å². The third-order valence-electron chi connectivity index (χ3n) is 7.57. The van der Waals surface area contributed by atoms with Crippen molar-refractivity contribution in [2.45, 2.75) is 38.1 Å². The predicted molar refractivity (Wildman–Crippen MR) is 168 cm³/mol. The van der Waals surface area contributed by atoms with Crippen molar-refractivity contribution >= 4 is 52.9 Å². The fraction of sp³-hybridized carbons (Fsp3) is 0.483. The summed E-state index contributed by atoms with van der Waals surface area (Å²) in [4.78, 5) is 65.0. The number of carbonyl (C=O) groups excluding carboxylic acids is 4. The number of hydrogen-bond donors (Lipinski definition) is 4. The van der Waals surface area contributed by atoms with Gasteiger partial charge in [-0.25, -0.2) is 19.8 Å². The summed E-state index contributed by atoms with van der Waals surface area (Å²) in [6.45, 7) is 4.09. The molecule has 1 aromatic carbocycles. The minimum Gasteiger partial charge on any atom is -0.482 e. The second-order valence-corrected chi connectivity index (χ2v) is 11.4. The van der Waals surface area contributed by atoms with Gasteiger partial charge in [-0.3, -0.25) is 19.7 Å². The lowest BCUT2D eigenvalue weighted by Gasteiger charge is -2.37. The van der Waals surface area contributed by atoms with Crippen LogP contribution in [0.3, 0.4) is 0 Å². The number of halogens is 1. The first-order valence-corrected chi connectivity index (χ1v) is 15.1. The zero-order valence-corrected chi connectivity index (χ0v) is 26.3. The molecule has 4 rings (SSSR count). The van der Waals surface area contributed by atoms with Crippen LogP contribution in [0, 0.1) is 0 Å². The monoisotopic (exact) mass is 659 g/mol. The number of nitrogens with two attached hydrogens (primary N) is 3.